The standard InChI is InChI=1S/C26H24FN5O3/c1-35-18-12-8-15(9-13-18)21-14-22(16-6-10-17(27)11-7-16)32-25(28-21)29-26(30-32)31-23(33)19-4-2-3-5-20(19)24(31)34/h2-3,6-13,19-22H,4-5,14H2,1H3,(H,28,29,30)/t19-,20-,21+,22-/m1/s1. The van der Waals surface area contributed by atoms with E-state index in [4.69, 9.17) is 4.74 Å². The monoisotopic (exact) mass is 473 g/mol. The fourth-order valence-corrected chi connectivity index (χ4v) is 5.28. The lowest BCUT2D eigenvalue weighted by Gasteiger charge is -2.31. The average Bonchev–Trinajstić information content (AvgIpc) is 3.42. The quantitative estimate of drug-likeness (QED) is 0.455. The number of aromatic nitrogens is 3. The van der Waals surface area contributed by atoms with Gasteiger partial charge < -0.3 is 10.1 Å². The zero-order valence-electron chi connectivity index (χ0n) is 19.1. The first kappa shape index (κ1) is 21.5. The predicted molar refractivity (Wildman–Crippen MR) is 126 cm³/mol. The van der Waals surface area contributed by atoms with Crippen molar-refractivity contribution in [3.05, 3.63) is 77.6 Å². The Kier molecular flexibility index (Phi) is 5.12. The van der Waals surface area contributed by atoms with Gasteiger partial charge in [0.15, 0.2) is 0 Å². The van der Waals surface area contributed by atoms with Crippen molar-refractivity contribution < 1.29 is 18.7 Å². The molecule has 1 saturated heterocycles. The van der Waals surface area contributed by atoms with Crippen molar-refractivity contribution in [2.75, 3.05) is 17.3 Å². The van der Waals surface area contributed by atoms with Gasteiger partial charge >= 0.3 is 0 Å². The number of hydrogen-bond acceptors (Lipinski definition) is 6. The first-order valence-corrected chi connectivity index (χ1v) is 11.7. The number of allylic oxidation sites excluding steroid dienone is 2. The molecule has 3 aliphatic rings. The van der Waals surface area contributed by atoms with Gasteiger partial charge in [0.05, 0.1) is 31.0 Å². The molecule has 6 rings (SSSR count). The number of nitrogens with zero attached hydrogens (tertiary/aromatic N) is 4. The summed E-state index contributed by atoms with van der Waals surface area (Å²) in [6, 6.07) is 13.7. The maximum absolute atomic E-state index is 13.7. The fourth-order valence-electron chi connectivity index (χ4n) is 5.28. The third kappa shape index (κ3) is 3.58. The van der Waals surface area contributed by atoms with Crippen LogP contribution in [-0.2, 0) is 9.59 Å². The number of anilines is 2. The van der Waals surface area contributed by atoms with Gasteiger partial charge in [-0.05, 0) is 54.7 Å². The average molecular weight is 474 g/mol. The molecular weight excluding hydrogens is 449 g/mol. The van der Waals surface area contributed by atoms with E-state index in [1.807, 2.05) is 36.4 Å². The molecule has 0 radical (unpaired) electrons. The van der Waals surface area contributed by atoms with Crippen LogP contribution in [0.25, 0.3) is 0 Å². The zero-order valence-corrected chi connectivity index (χ0v) is 19.1. The molecule has 0 saturated carbocycles. The van der Waals surface area contributed by atoms with Crippen LogP contribution in [0.4, 0.5) is 16.3 Å². The molecule has 178 valence electrons. The van der Waals surface area contributed by atoms with Crippen LogP contribution in [0.15, 0.2) is 60.7 Å². The molecule has 0 spiro atoms. The summed E-state index contributed by atoms with van der Waals surface area (Å²) in [5.74, 6) is -0.253. The van der Waals surface area contributed by atoms with Crippen LogP contribution < -0.4 is 15.0 Å². The summed E-state index contributed by atoms with van der Waals surface area (Å²) in [5, 5.41) is 8.03. The van der Waals surface area contributed by atoms with Crippen LogP contribution in [-0.4, -0.2) is 33.7 Å². The van der Waals surface area contributed by atoms with Crippen LogP contribution >= 0.6 is 0 Å². The van der Waals surface area contributed by atoms with E-state index in [-0.39, 0.29) is 47.5 Å². The van der Waals surface area contributed by atoms with E-state index < -0.39 is 0 Å². The van der Waals surface area contributed by atoms with E-state index in [9.17, 15) is 14.0 Å². The summed E-state index contributed by atoms with van der Waals surface area (Å²) < 4.78 is 20.6. The lowest BCUT2D eigenvalue weighted by atomic mass is 9.85. The Morgan fingerprint density at radius 3 is 2.20 bits per heavy atom. The molecule has 1 aliphatic carbocycles. The van der Waals surface area contributed by atoms with Crippen LogP contribution in [0.2, 0.25) is 0 Å². The van der Waals surface area contributed by atoms with Gasteiger partial charge in [-0.2, -0.15) is 4.98 Å². The summed E-state index contributed by atoms with van der Waals surface area (Å²) in [4.78, 5) is 32.0. The molecular formula is C26H24FN5O3. The van der Waals surface area contributed by atoms with Crippen molar-refractivity contribution >= 4 is 23.7 Å². The first-order chi connectivity index (χ1) is 17.0. The smallest absolute Gasteiger partial charge is 0.260 e. The zero-order chi connectivity index (χ0) is 24.1. The largest absolute Gasteiger partial charge is 0.497 e. The molecule has 35 heavy (non-hydrogen) atoms. The summed E-state index contributed by atoms with van der Waals surface area (Å²) >= 11 is 0. The topological polar surface area (TPSA) is 89.4 Å². The maximum Gasteiger partial charge on any atom is 0.260 e. The van der Waals surface area contributed by atoms with E-state index in [0.717, 1.165) is 21.8 Å². The maximum atomic E-state index is 13.7. The summed E-state index contributed by atoms with van der Waals surface area (Å²) in [5.41, 5.74) is 1.89. The van der Waals surface area contributed by atoms with Gasteiger partial charge in [-0.15, -0.1) is 5.10 Å². The SMILES string of the molecule is COc1ccc([C@@H]2C[C@H](c3ccc(F)cc3)n3nc(N4C(=O)[C@@H]5CC=CC[C@H]5C4=O)nc3N2)cc1. The predicted octanol–water partition coefficient (Wildman–Crippen LogP) is 4.03. The van der Waals surface area contributed by atoms with Crippen molar-refractivity contribution in [1.82, 2.24) is 14.8 Å². The Labute approximate surface area is 201 Å². The number of methoxy groups -OCH3 is 1. The number of amides is 2. The van der Waals surface area contributed by atoms with Crippen LogP contribution in [0, 0.1) is 17.7 Å². The lowest BCUT2D eigenvalue weighted by molar-refractivity contribution is -0.122. The number of imide groups is 1. The van der Waals surface area contributed by atoms with Gasteiger partial charge in [-0.1, -0.05) is 36.4 Å². The normalized spacial score (nSPS) is 25.3. The molecule has 2 amide bonds. The minimum Gasteiger partial charge on any atom is -0.497 e. The number of rotatable bonds is 4. The Hall–Kier alpha value is -4.01. The number of halogens is 1. The van der Waals surface area contributed by atoms with Gasteiger partial charge in [0.25, 0.3) is 5.95 Å². The highest BCUT2D eigenvalue weighted by Gasteiger charge is 2.50. The molecule has 3 aromatic rings. The van der Waals surface area contributed by atoms with Crippen LogP contribution in [0.3, 0.4) is 0 Å². The van der Waals surface area contributed by atoms with E-state index >= 15 is 0 Å². The molecule has 1 N–H and O–H groups in total. The molecule has 2 aliphatic heterocycles. The molecule has 0 unspecified atom stereocenters. The van der Waals surface area contributed by atoms with Crippen molar-refractivity contribution in [2.24, 2.45) is 11.8 Å². The number of carbonyl (C=O) groups excluding carboxylic acids is 2. The second-order valence-corrected chi connectivity index (χ2v) is 9.12. The number of ether oxygens (including phenoxy) is 1. The van der Waals surface area contributed by atoms with Gasteiger partial charge in [-0.3, -0.25) is 9.59 Å². The van der Waals surface area contributed by atoms with Crippen molar-refractivity contribution in [3.8, 4) is 5.75 Å². The molecule has 1 fully saturated rings. The summed E-state index contributed by atoms with van der Waals surface area (Å²) in [6.45, 7) is 0. The third-order valence-corrected chi connectivity index (χ3v) is 7.16. The Morgan fingerprint density at radius 1 is 0.943 bits per heavy atom. The second-order valence-electron chi connectivity index (χ2n) is 9.12. The highest BCUT2D eigenvalue weighted by atomic mass is 19.1. The highest BCUT2D eigenvalue weighted by Crippen LogP contribution is 2.41. The van der Waals surface area contributed by atoms with Crippen molar-refractivity contribution in [1.29, 1.82) is 0 Å². The highest BCUT2D eigenvalue weighted by molar-refractivity contribution is 6.21. The van der Waals surface area contributed by atoms with E-state index in [1.165, 1.54) is 12.1 Å². The minimum atomic E-state index is -0.360. The molecule has 8 nitrogen and oxygen atoms in total. The first-order valence-electron chi connectivity index (χ1n) is 11.7. The Bertz CT molecular complexity index is 1290. The Morgan fingerprint density at radius 2 is 1.57 bits per heavy atom. The van der Waals surface area contributed by atoms with E-state index in [0.29, 0.717) is 25.2 Å². The molecule has 2 aromatic carbocycles. The minimum absolute atomic E-state index is 0.0828. The van der Waals surface area contributed by atoms with Gasteiger partial charge in [-0.25, -0.2) is 14.0 Å². The van der Waals surface area contributed by atoms with Crippen LogP contribution in [0.1, 0.15) is 42.5 Å². The number of benzene rings is 2. The van der Waals surface area contributed by atoms with Crippen molar-refractivity contribution in [3.63, 3.8) is 0 Å². The Balaban J connectivity index is 1.39. The number of hydrogen-bond donors (Lipinski definition) is 1. The number of fused-ring (bicyclic) bond motifs is 2. The molecule has 4 atom stereocenters. The summed E-state index contributed by atoms with van der Waals surface area (Å²) in [6.07, 6.45) is 5.62. The van der Waals surface area contributed by atoms with Gasteiger partial charge in [0.1, 0.15) is 11.6 Å². The molecule has 3 heterocycles. The lowest BCUT2D eigenvalue weighted by Crippen LogP contribution is -2.32. The van der Waals surface area contributed by atoms with E-state index in [1.54, 1.807) is 23.9 Å². The van der Waals surface area contributed by atoms with Crippen molar-refractivity contribution in [2.45, 2.75) is 31.3 Å². The van der Waals surface area contributed by atoms with Crippen LogP contribution in [0.5, 0.6) is 5.75 Å². The van der Waals surface area contributed by atoms with Gasteiger partial charge in [0.2, 0.25) is 17.8 Å². The third-order valence-electron chi connectivity index (χ3n) is 7.16. The second kappa shape index (κ2) is 8.33. The molecule has 0 bridgehead atoms. The number of nitrogens with one attached hydrogen (secondary N) is 1. The fraction of sp³-hybridized carbons (Fsp3) is 0.308. The van der Waals surface area contributed by atoms with E-state index in [2.05, 4.69) is 15.4 Å². The molecule has 9 heteroatoms. The summed E-state index contributed by atoms with van der Waals surface area (Å²) in [7, 11) is 1.62. The van der Waals surface area contributed by atoms with Gasteiger partial charge in [0, 0.05) is 0 Å². The molecule has 1 aromatic heterocycles. The number of carbonyl (C=O) groups is 2.